The lowest BCUT2D eigenvalue weighted by Crippen LogP contribution is -2.43. The van der Waals surface area contributed by atoms with E-state index in [9.17, 15) is 4.79 Å². The van der Waals surface area contributed by atoms with E-state index in [0.717, 1.165) is 19.3 Å². The molecule has 0 fully saturated rings. The second-order valence-corrected chi connectivity index (χ2v) is 11.2. The molecule has 1 atom stereocenters. The van der Waals surface area contributed by atoms with Crippen LogP contribution in [-0.4, -0.2) is 13.9 Å². The average Bonchev–Trinajstić information content (AvgIpc) is 2.83. The molecule has 0 saturated carbocycles. The number of thiophene rings is 1. The van der Waals surface area contributed by atoms with Gasteiger partial charge < -0.3 is 0 Å². The van der Waals surface area contributed by atoms with Crippen LogP contribution in [-0.2, 0) is 4.79 Å². The lowest BCUT2D eigenvalue weighted by Gasteiger charge is -2.29. The molecule has 92 valence electrons. The van der Waals surface area contributed by atoms with Crippen molar-refractivity contribution in [1.82, 2.24) is 0 Å². The van der Waals surface area contributed by atoms with Gasteiger partial charge in [0.1, 0.15) is 13.9 Å². The molecular weight excluding hydrogens is 244 g/mol. The minimum atomic E-state index is -1.42. The van der Waals surface area contributed by atoms with Crippen molar-refractivity contribution in [2.24, 2.45) is 5.92 Å². The number of hydrogen-bond acceptors (Lipinski definition) is 2. The van der Waals surface area contributed by atoms with Gasteiger partial charge in [0.15, 0.2) is 0 Å². The molecular formula is C14H20OSSi. The summed E-state index contributed by atoms with van der Waals surface area (Å²) in [7, 11) is -1.42. The number of hydrogen-bond donors (Lipinski definition) is 0. The fourth-order valence-corrected chi connectivity index (χ4v) is 7.03. The third-order valence-corrected chi connectivity index (χ3v) is 9.95. The van der Waals surface area contributed by atoms with Crippen molar-refractivity contribution >= 4 is 29.7 Å². The van der Waals surface area contributed by atoms with Crippen molar-refractivity contribution < 1.29 is 4.79 Å². The number of allylic oxidation sites excluding steroid dienone is 2. The number of carbonyl (C=O) groups excluding carboxylic acids is 1. The van der Waals surface area contributed by atoms with Crippen molar-refractivity contribution in [3.8, 4) is 0 Å². The van der Waals surface area contributed by atoms with Crippen LogP contribution in [0, 0.1) is 5.92 Å². The van der Waals surface area contributed by atoms with Crippen molar-refractivity contribution in [2.75, 3.05) is 0 Å². The van der Waals surface area contributed by atoms with Gasteiger partial charge in [-0.15, -0.1) is 0 Å². The molecule has 0 saturated heterocycles. The summed E-state index contributed by atoms with van der Waals surface area (Å²) in [6.45, 7) is 6.59. The summed E-state index contributed by atoms with van der Waals surface area (Å²) in [5.41, 5.74) is 0. The fourth-order valence-electron chi connectivity index (χ4n) is 2.56. The lowest BCUT2D eigenvalue weighted by molar-refractivity contribution is -0.120. The molecule has 1 aromatic heterocycles. The van der Waals surface area contributed by atoms with Crippen LogP contribution in [0.5, 0.6) is 0 Å². The van der Waals surface area contributed by atoms with E-state index < -0.39 is 8.07 Å². The molecule has 0 bridgehead atoms. The Kier molecular flexibility index (Phi) is 3.69. The van der Waals surface area contributed by atoms with Gasteiger partial charge in [0.2, 0.25) is 0 Å². The summed E-state index contributed by atoms with van der Waals surface area (Å²) in [5.74, 6) is 0.641. The van der Waals surface area contributed by atoms with E-state index in [4.69, 9.17) is 0 Å². The highest BCUT2D eigenvalue weighted by molar-refractivity contribution is 7.26. The summed E-state index contributed by atoms with van der Waals surface area (Å²) in [6.07, 6.45) is 5.51. The van der Waals surface area contributed by atoms with Crippen LogP contribution in [0.3, 0.4) is 0 Å². The minimum absolute atomic E-state index is 0.284. The molecule has 1 heterocycles. The molecule has 1 unspecified atom stereocenters. The molecule has 0 spiro atoms. The van der Waals surface area contributed by atoms with E-state index in [1.54, 1.807) is 16.6 Å². The third-order valence-electron chi connectivity index (χ3n) is 3.93. The fraction of sp³-hybridized carbons (Fsp3) is 0.500. The van der Waals surface area contributed by atoms with Gasteiger partial charge in [-0.2, -0.15) is 11.3 Å². The number of Topliss-reactive ketones (excluding diaryl/α,β-unsaturated/α-hetero) is 1. The van der Waals surface area contributed by atoms with Gasteiger partial charge in [0.05, 0.1) is 0 Å². The van der Waals surface area contributed by atoms with Gasteiger partial charge in [0.25, 0.3) is 0 Å². The molecule has 2 rings (SSSR count). The Labute approximate surface area is 109 Å². The molecule has 1 aromatic rings. The number of rotatable bonds is 3. The molecule has 1 nitrogen and oxygen atoms in total. The highest BCUT2D eigenvalue weighted by atomic mass is 32.1. The molecule has 17 heavy (non-hydrogen) atoms. The Hall–Kier alpha value is -0.673. The van der Waals surface area contributed by atoms with E-state index in [0.29, 0.717) is 5.78 Å². The van der Waals surface area contributed by atoms with Crippen molar-refractivity contribution in [3.63, 3.8) is 0 Å². The maximum atomic E-state index is 11.4. The molecule has 3 heteroatoms. The van der Waals surface area contributed by atoms with Gasteiger partial charge in [-0.05, 0) is 36.1 Å². The molecule has 0 aliphatic heterocycles. The normalized spacial score (nSPS) is 21.1. The van der Waals surface area contributed by atoms with Crippen LogP contribution in [0.15, 0.2) is 28.8 Å². The predicted molar refractivity (Wildman–Crippen MR) is 77.5 cm³/mol. The molecule has 0 amide bonds. The monoisotopic (exact) mass is 264 g/mol. The van der Waals surface area contributed by atoms with Gasteiger partial charge in [-0.1, -0.05) is 36.5 Å². The van der Waals surface area contributed by atoms with Gasteiger partial charge >= 0.3 is 0 Å². The minimum Gasteiger partial charge on any atom is -0.300 e. The third kappa shape index (κ3) is 2.60. The van der Waals surface area contributed by atoms with Crippen LogP contribution in [0.1, 0.15) is 26.2 Å². The maximum Gasteiger partial charge on any atom is 0.133 e. The zero-order chi connectivity index (χ0) is 12.5. The highest BCUT2D eigenvalue weighted by Gasteiger charge is 2.32. The summed E-state index contributed by atoms with van der Waals surface area (Å²) in [6, 6.07) is 4.42. The van der Waals surface area contributed by atoms with E-state index in [1.807, 2.05) is 11.3 Å². The van der Waals surface area contributed by atoms with Crippen LogP contribution in [0.4, 0.5) is 0 Å². The van der Waals surface area contributed by atoms with Crippen LogP contribution < -0.4 is 4.50 Å². The number of ketones is 1. The second-order valence-electron chi connectivity index (χ2n) is 5.41. The summed E-state index contributed by atoms with van der Waals surface area (Å²) in [5, 5.41) is 3.81. The standard InChI is InChI=1S/C14H20OSSi/c1-11(15)12-6-8-13(9-7-12)17(2,3)14-5-4-10-16-14/h4-5,8,10,12H,6-7,9H2,1-3H3. The smallest absolute Gasteiger partial charge is 0.133 e. The lowest BCUT2D eigenvalue weighted by atomic mass is 9.91. The van der Waals surface area contributed by atoms with Crippen LogP contribution in [0.2, 0.25) is 13.1 Å². The predicted octanol–water partition coefficient (Wildman–Crippen LogP) is 3.52. The van der Waals surface area contributed by atoms with Crippen LogP contribution in [0.25, 0.3) is 0 Å². The first-order valence-corrected chi connectivity index (χ1v) is 10.1. The Balaban J connectivity index is 2.17. The van der Waals surface area contributed by atoms with Gasteiger partial charge in [-0.3, -0.25) is 4.79 Å². The molecule has 0 aromatic carbocycles. The first kappa shape index (κ1) is 12.8. The summed E-state index contributed by atoms with van der Waals surface area (Å²) < 4.78 is 1.56. The van der Waals surface area contributed by atoms with E-state index in [1.165, 1.54) is 0 Å². The summed E-state index contributed by atoms with van der Waals surface area (Å²) in [4.78, 5) is 11.4. The van der Waals surface area contributed by atoms with Gasteiger partial charge in [-0.25, -0.2) is 0 Å². The second kappa shape index (κ2) is 4.90. The first-order chi connectivity index (χ1) is 8.01. The Morgan fingerprint density at radius 2 is 2.24 bits per heavy atom. The Morgan fingerprint density at radius 1 is 1.47 bits per heavy atom. The number of carbonyl (C=O) groups is 1. The van der Waals surface area contributed by atoms with Crippen molar-refractivity contribution in [1.29, 1.82) is 0 Å². The Morgan fingerprint density at radius 3 is 2.71 bits per heavy atom. The molecule has 1 aliphatic carbocycles. The summed E-state index contributed by atoms with van der Waals surface area (Å²) >= 11 is 1.88. The SMILES string of the molecule is CC(=O)C1CC=C([Si](C)(C)c2cccs2)CC1. The molecule has 0 N–H and O–H groups in total. The largest absolute Gasteiger partial charge is 0.300 e. The first-order valence-electron chi connectivity index (χ1n) is 6.25. The highest BCUT2D eigenvalue weighted by Crippen LogP contribution is 2.30. The topological polar surface area (TPSA) is 17.1 Å². The van der Waals surface area contributed by atoms with Crippen LogP contribution >= 0.6 is 11.3 Å². The maximum absolute atomic E-state index is 11.4. The van der Waals surface area contributed by atoms with Crippen molar-refractivity contribution in [3.05, 3.63) is 28.8 Å². The zero-order valence-electron chi connectivity index (χ0n) is 10.8. The van der Waals surface area contributed by atoms with Crippen molar-refractivity contribution in [2.45, 2.75) is 39.3 Å². The average molecular weight is 264 g/mol. The van der Waals surface area contributed by atoms with Gasteiger partial charge in [0, 0.05) is 5.92 Å². The Bertz CT molecular complexity index is 431. The van der Waals surface area contributed by atoms with E-state index >= 15 is 0 Å². The van der Waals surface area contributed by atoms with E-state index in [-0.39, 0.29) is 5.92 Å². The zero-order valence-corrected chi connectivity index (χ0v) is 12.6. The quantitative estimate of drug-likeness (QED) is 0.764. The molecule has 0 radical (unpaired) electrons. The van der Waals surface area contributed by atoms with E-state index in [2.05, 4.69) is 36.7 Å². The molecule has 1 aliphatic rings.